The number of aromatic nitrogens is 1. The van der Waals surface area contributed by atoms with Crippen molar-refractivity contribution in [2.75, 3.05) is 0 Å². The second-order valence-corrected chi connectivity index (χ2v) is 4.86. The van der Waals surface area contributed by atoms with Gasteiger partial charge in [-0.25, -0.2) is 4.98 Å². The molecule has 0 aliphatic rings. The van der Waals surface area contributed by atoms with Gasteiger partial charge in [0.25, 0.3) is 0 Å². The molecule has 2 aromatic rings. The lowest BCUT2D eigenvalue weighted by atomic mass is 10.2. The number of nitrogens with zero attached hydrogens (tertiary/aromatic N) is 1. The molecule has 0 saturated carbocycles. The summed E-state index contributed by atoms with van der Waals surface area (Å²) in [6.07, 6.45) is 0. The van der Waals surface area contributed by atoms with Crippen LogP contribution >= 0.6 is 22.9 Å². The zero-order chi connectivity index (χ0) is 9.42. The maximum absolute atomic E-state index is 5.96. The largest absolute Gasteiger partial charge is 0.240 e. The van der Waals surface area contributed by atoms with E-state index in [4.69, 9.17) is 11.6 Å². The van der Waals surface area contributed by atoms with Crippen molar-refractivity contribution in [3.8, 4) is 0 Å². The van der Waals surface area contributed by atoms with Crippen molar-refractivity contribution in [2.24, 2.45) is 0 Å². The first-order valence-corrected chi connectivity index (χ1v) is 5.43. The summed E-state index contributed by atoms with van der Waals surface area (Å²) in [6.45, 7) is 4.04. The van der Waals surface area contributed by atoms with E-state index in [1.807, 2.05) is 13.0 Å². The first-order chi connectivity index (χ1) is 6.16. The van der Waals surface area contributed by atoms with E-state index >= 15 is 0 Å². The third-order valence-electron chi connectivity index (χ3n) is 1.90. The van der Waals surface area contributed by atoms with Gasteiger partial charge in [0.05, 0.1) is 15.6 Å². The Hall–Kier alpha value is -0.600. The first-order valence-electron chi connectivity index (χ1n) is 4.18. The molecule has 1 unspecified atom stereocenters. The minimum atomic E-state index is 0.0118. The molecule has 1 nitrogen and oxygen atoms in total. The van der Waals surface area contributed by atoms with Crippen molar-refractivity contribution in [3.05, 3.63) is 28.8 Å². The van der Waals surface area contributed by atoms with E-state index in [9.17, 15) is 0 Å². The minimum Gasteiger partial charge on any atom is -0.240 e. The van der Waals surface area contributed by atoms with Gasteiger partial charge in [0.15, 0.2) is 0 Å². The second-order valence-electron chi connectivity index (χ2n) is 3.14. The first kappa shape index (κ1) is 8.97. The Morgan fingerprint density at radius 1 is 1.46 bits per heavy atom. The summed E-state index contributed by atoms with van der Waals surface area (Å²) in [5, 5.41) is 1.01. The Morgan fingerprint density at radius 3 is 2.92 bits per heavy atom. The highest BCUT2D eigenvalue weighted by molar-refractivity contribution is 7.18. The molecule has 68 valence electrons. The van der Waals surface area contributed by atoms with Crippen LogP contribution in [0.1, 0.15) is 22.9 Å². The van der Waals surface area contributed by atoms with Gasteiger partial charge in [-0.15, -0.1) is 22.9 Å². The van der Waals surface area contributed by atoms with Crippen molar-refractivity contribution >= 4 is 33.2 Å². The lowest BCUT2D eigenvalue weighted by molar-refractivity contribution is 1.06. The van der Waals surface area contributed by atoms with Gasteiger partial charge in [0.2, 0.25) is 0 Å². The van der Waals surface area contributed by atoms with E-state index in [0.29, 0.717) is 0 Å². The number of alkyl halides is 1. The van der Waals surface area contributed by atoms with Crippen LogP contribution in [-0.2, 0) is 0 Å². The predicted molar refractivity (Wildman–Crippen MR) is 58.6 cm³/mol. The number of hydrogen-bond acceptors (Lipinski definition) is 2. The third kappa shape index (κ3) is 1.69. The van der Waals surface area contributed by atoms with Gasteiger partial charge >= 0.3 is 0 Å². The van der Waals surface area contributed by atoms with Crippen LogP contribution in [0, 0.1) is 6.92 Å². The number of aryl methyl sites for hydroxylation is 1. The topological polar surface area (TPSA) is 12.9 Å². The van der Waals surface area contributed by atoms with Crippen LogP contribution in [-0.4, -0.2) is 4.98 Å². The SMILES string of the molecule is Cc1ccc2nc(C(C)Cl)sc2c1. The highest BCUT2D eigenvalue weighted by atomic mass is 35.5. The quantitative estimate of drug-likeness (QED) is 0.652. The molecule has 1 aromatic carbocycles. The number of rotatable bonds is 1. The number of thiazole rings is 1. The van der Waals surface area contributed by atoms with E-state index in [2.05, 4.69) is 24.0 Å². The van der Waals surface area contributed by atoms with Crippen molar-refractivity contribution in [2.45, 2.75) is 19.2 Å². The zero-order valence-corrected chi connectivity index (χ0v) is 9.12. The Bertz CT molecular complexity index is 433. The standard InChI is InChI=1S/C10H10ClNS/c1-6-3-4-8-9(5-6)13-10(12-8)7(2)11/h3-5,7H,1-2H3. The molecule has 1 aromatic heterocycles. The highest BCUT2D eigenvalue weighted by Crippen LogP contribution is 2.29. The van der Waals surface area contributed by atoms with E-state index in [1.165, 1.54) is 10.3 Å². The molecule has 0 spiro atoms. The average Bonchev–Trinajstić information content (AvgIpc) is 2.46. The van der Waals surface area contributed by atoms with Gasteiger partial charge in [-0.05, 0) is 31.5 Å². The number of fused-ring (bicyclic) bond motifs is 1. The van der Waals surface area contributed by atoms with Crippen LogP contribution in [0.15, 0.2) is 18.2 Å². The summed E-state index contributed by atoms with van der Waals surface area (Å²) in [4.78, 5) is 4.44. The second kappa shape index (κ2) is 3.28. The Balaban J connectivity index is 2.62. The van der Waals surface area contributed by atoms with Crippen LogP contribution < -0.4 is 0 Å². The molecule has 0 radical (unpaired) electrons. The molecule has 3 heteroatoms. The smallest absolute Gasteiger partial charge is 0.111 e. The Labute approximate surface area is 86.4 Å². The maximum Gasteiger partial charge on any atom is 0.111 e. The molecule has 0 aliphatic carbocycles. The molecule has 0 N–H and O–H groups in total. The predicted octanol–water partition coefficient (Wildman–Crippen LogP) is 3.90. The fourth-order valence-corrected chi connectivity index (χ4v) is 2.40. The van der Waals surface area contributed by atoms with Crippen LogP contribution in [0.3, 0.4) is 0 Å². The maximum atomic E-state index is 5.96. The van der Waals surface area contributed by atoms with Gasteiger partial charge in [-0.2, -0.15) is 0 Å². The lowest BCUT2D eigenvalue weighted by Gasteiger charge is -1.91. The average molecular weight is 212 g/mol. The molecular formula is C10H10ClNS. The van der Waals surface area contributed by atoms with Gasteiger partial charge < -0.3 is 0 Å². The molecule has 0 saturated heterocycles. The van der Waals surface area contributed by atoms with E-state index in [-0.39, 0.29) is 5.38 Å². The number of benzene rings is 1. The Kier molecular flexibility index (Phi) is 2.26. The zero-order valence-electron chi connectivity index (χ0n) is 7.54. The van der Waals surface area contributed by atoms with Crippen molar-refractivity contribution < 1.29 is 0 Å². The highest BCUT2D eigenvalue weighted by Gasteiger charge is 2.07. The summed E-state index contributed by atoms with van der Waals surface area (Å²) in [5.41, 5.74) is 2.32. The van der Waals surface area contributed by atoms with Crippen molar-refractivity contribution in [1.82, 2.24) is 4.98 Å². The fraction of sp³-hybridized carbons (Fsp3) is 0.300. The normalized spacial score (nSPS) is 13.5. The summed E-state index contributed by atoms with van der Waals surface area (Å²) in [6, 6.07) is 6.27. The number of hydrogen-bond donors (Lipinski definition) is 0. The molecule has 1 heterocycles. The summed E-state index contributed by atoms with van der Waals surface area (Å²) >= 11 is 7.64. The van der Waals surface area contributed by atoms with Crippen molar-refractivity contribution in [1.29, 1.82) is 0 Å². The fourth-order valence-electron chi connectivity index (χ4n) is 1.22. The van der Waals surface area contributed by atoms with Crippen LogP contribution in [0.5, 0.6) is 0 Å². The molecular weight excluding hydrogens is 202 g/mol. The van der Waals surface area contributed by atoms with Gasteiger partial charge in [-0.1, -0.05) is 6.07 Å². The van der Waals surface area contributed by atoms with E-state index < -0.39 is 0 Å². The molecule has 0 amide bonds. The monoisotopic (exact) mass is 211 g/mol. The van der Waals surface area contributed by atoms with E-state index in [1.54, 1.807) is 11.3 Å². The van der Waals surface area contributed by atoms with Gasteiger partial charge in [0, 0.05) is 0 Å². The van der Waals surface area contributed by atoms with Crippen LogP contribution in [0.2, 0.25) is 0 Å². The molecule has 0 aliphatic heterocycles. The van der Waals surface area contributed by atoms with Gasteiger partial charge in [-0.3, -0.25) is 0 Å². The summed E-state index contributed by atoms with van der Waals surface area (Å²) in [5.74, 6) is 0. The molecule has 13 heavy (non-hydrogen) atoms. The van der Waals surface area contributed by atoms with Gasteiger partial charge in [0.1, 0.15) is 5.01 Å². The summed E-state index contributed by atoms with van der Waals surface area (Å²) < 4.78 is 1.22. The molecule has 0 bridgehead atoms. The lowest BCUT2D eigenvalue weighted by Crippen LogP contribution is -1.79. The molecule has 2 rings (SSSR count). The van der Waals surface area contributed by atoms with Crippen molar-refractivity contribution in [3.63, 3.8) is 0 Å². The Morgan fingerprint density at radius 2 is 2.23 bits per heavy atom. The molecule has 0 fully saturated rings. The van der Waals surface area contributed by atoms with Crippen LogP contribution in [0.25, 0.3) is 10.2 Å². The molecule has 1 atom stereocenters. The third-order valence-corrected chi connectivity index (χ3v) is 3.44. The number of halogens is 1. The minimum absolute atomic E-state index is 0.0118. The van der Waals surface area contributed by atoms with Crippen LogP contribution in [0.4, 0.5) is 0 Å². The van der Waals surface area contributed by atoms with E-state index in [0.717, 1.165) is 10.5 Å². The summed E-state index contributed by atoms with van der Waals surface area (Å²) in [7, 11) is 0.